The first-order valence-electron chi connectivity index (χ1n) is 9.91. The highest BCUT2D eigenvalue weighted by molar-refractivity contribution is 7.26. The molecule has 0 radical (unpaired) electrons. The molecular weight excluding hydrogens is 344 g/mol. The number of thiophene rings is 1. The predicted molar refractivity (Wildman–Crippen MR) is 124 cm³/mol. The third-order valence-electron chi connectivity index (χ3n) is 7.46. The first kappa shape index (κ1) is 18.5. The first-order valence-corrected chi connectivity index (χ1v) is 10.7. The Hall–Kier alpha value is -1.86. The van der Waals surface area contributed by atoms with E-state index in [1.54, 1.807) is 0 Å². The van der Waals surface area contributed by atoms with E-state index < -0.39 is 0 Å². The fraction of sp³-hybridized carbons (Fsp3) is 0.385. The van der Waals surface area contributed by atoms with E-state index in [1.165, 1.54) is 86.6 Å². The van der Waals surface area contributed by atoms with E-state index in [0.717, 1.165) is 0 Å². The van der Waals surface area contributed by atoms with E-state index in [2.05, 4.69) is 69.2 Å². The van der Waals surface area contributed by atoms with E-state index >= 15 is 0 Å². The molecule has 0 spiro atoms. The largest absolute Gasteiger partial charge is 0.135 e. The van der Waals surface area contributed by atoms with E-state index in [1.807, 2.05) is 11.3 Å². The van der Waals surface area contributed by atoms with Crippen molar-refractivity contribution in [1.29, 1.82) is 0 Å². The summed E-state index contributed by atoms with van der Waals surface area (Å²) in [7, 11) is 0. The Balaban J connectivity index is 2.44. The van der Waals surface area contributed by atoms with Crippen molar-refractivity contribution in [3.05, 3.63) is 55.6 Å². The molecular formula is C26H30S. The van der Waals surface area contributed by atoms with Crippen LogP contribution in [0.25, 0.3) is 30.9 Å². The maximum atomic E-state index is 2.35. The summed E-state index contributed by atoms with van der Waals surface area (Å²) in [6.07, 6.45) is 0. The van der Waals surface area contributed by atoms with Gasteiger partial charge in [0.25, 0.3) is 0 Å². The van der Waals surface area contributed by atoms with Crippen LogP contribution in [0.2, 0.25) is 0 Å². The zero-order valence-electron chi connectivity index (χ0n) is 18.4. The molecule has 4 rings (SSSR count). The molecule has 0 aliphatic heterocycles. The van der Waals surface area contributed by atoms with Gasteiger partial charge in [-0.1, -0.05) is 0 Å². The number of benzene rings is 3. The minimum atomic E-state index is 1.45. The Kier molecular flexibility index (Phi) is 3.99. The van der Waals surface area contributed by atoms with Gasteiger partial charge in [0.2, 0.25) is 0 Å². The quantitative estimate of drug-likeness (QED) is 0.290. The van der Waals surface area contributed by atoms with Gasteiger partial charge < -0.3 is 0 Å². The summed E-state index contributed by atoms with van der Waals surface area (Å²) in [6.45, 7) is 23.0. The van der Waals surface area contributed by atoms with Gasteiger partial charge in [0.1, 0.15) is 0 Å². The van der Waals surface area contributed by atoms with E-state index in [9.17, 15) is 0 Å². The lowest BCUT2D eigenvalue weighted by Crippen LogP contribution is -1.98. The third-order valence-corrected chi connectivity index (χ3v) is 8.89. The lowest BCUT2D eigenvalue weighted by molar-refractivity contribution is 1.24. The molecule has 0 atom stereocenters. The fourth-order valence-corrected chi connectivity index (χ4v) is 6.56. The highest BCUT2D eigenvalue weighted by atomic mass is 32.1. The molecule has 0 aliphatic rings. The van der Waals surface area contributed by atoms with Gasteiger partial charge in [-0.2, -0.15) is 0 Å². The Bertz CT molecular complexity index is 1300. The van der Waals surface area contributed by atoms with E-state index in [-0.39, 0.29) is 0 Å². The Morgan fingerprint density at radius 2 is 0.630 bits per heavy atom. The second kappa shape index (κ2) is 5.82. The second-order valence-corrected chi connectivity index (χ2v) is 9.53. The van der Waals surface area contributed by atoms with Crippen LogP contribution in [0.4, 0.5) is 0 Å². The molecule has 27 heavy (non-hydrogen) atoms. The van der Waals surface area contributed by atoms with E-state index in [0.29, 0.717) is 0 Å². The standard InChI is InChI=1S/C26H30S/c1-11-12(2)16(6)22-20(10)26-24(19(9)21(22)15(11)5)23-17(7)13(3)14(4)18(8)25(23)27-26/h1-10H3. The zero-order chi connectivity index (χ0) is 19.9. The minimum Gasteiger partial charge on any atom is -0.135 e. The van der Waals surface area contributed by atoms with Gasteiger partial charge in [-0.05, 0) is 136 Å². The summed E-state index contributed by atoms with van der Waals surface area (Å²) in [5.41, 5.74) is 14.5. The molecule has 0 N–H and O–H groups in total. The summed E-state index contributed by atoms with van der Waals surface area (Å²) >= 11 is 2.01. The number of aryl methyl sites for hydroxylation is 6. The Morgan fingerprint density at radius 1 is 0.296 bits per heavy atom. The highest BCUT2D eigenvalue weighted by Crippen LogP contribution is 2.47. The highest BCUT2D eigenvalue weighted by Gasteiger charge is 2.22. The van der Waals surface area contributed by atoms with Crippen molar-refractivity contribution < 1.29 is 0 Å². The molecule has 0 unspecified atom stereocenters. The lowest BCUT2D eigenvalue weighted by Gasteiger charge is -2.19. The van der Waals surface area contributed by atoms with Gasteiger partial charge in [0, 0.05) is 20.2 Å². The molecule has 140 valence electrons. The first-order chi connectivity index (χ1) is 12.6. The van der Waals surface area contributed by atoms with Crippen molar-refractivity contribution in [3.63, 3.8) is 0 Å². The van der Waals surface area contributed by atoms with Crippen molar-refractivity contribution in [2.75, 3.05) is 0 Å². The van der Waals surface area contributed by atoms with Gasteiger partial charge in [-0.15, -0.1) is 11.3 Å². The summed E-state index contributed by atoms with van der Waals surface area (Å²) in [6, 6.07) is 0. The van der Waals surface area contributed by atoms with Crippen molar-refractivity contribution in [3.8, 4) is 0 Å². The molecule has 0 amide bonds. The molecule has 0 bridgehead atoms. The second-order valence-electron chi connectivity index (χ2n) is 8.51. The van der Waals surface area contributed by atoms with Gasteiger partial charge in [-0.3, -0.25) is 0 Å². The van der Waals surface area contributed by atoms with Crippen LogP contribution in [0, 0.1) is 69.2 Å². The van der Waals surface area contributed by atoms with Crippen LogP contribution in [0.3, 0.4) is 0 Å². The van der Waals surface area contributed by atoms with Gasteiger partial charge in [-0.25, -0.2) is 0 Å². The SMILES string of the molecule is Cc1c(C)c(C)c2c(sc3c(C)c4c(C)c(C)c(C)c(C)c4c(C)c32)c1C. The molecule has 1 aromatic heterocycles. The van der Waals surface area contributed by atoms with Crippen LogP contribution in [-0.4, -0.2) is 0 Å². The summed E-state index contributed by atoms with van der Waals surface area (Å²) in [4.78, 5) is 0. The molecule has 3 aromatic carbocycles. The van der Waals surface area contributed by atoms with Crippen molar-refractivity contribution >= 4 is 42.3 Å². The molecule has 0 aliphatic carbocycles. The minimum absolute atomic E-state index is 1.45. The summed E-state index contributed by atoms with van der Waals surface area (Å²) in [5.74, 6) is 0. The van der Waals surface area contributed by atoms with E-state index in [4.69, 9.17) is 0 Å². The Labute approximate surface area is 167 Å². The van der Waals surface area contributed by atoms with Crippen LogP contribution in [0.15, 0.2) is 0 Å². The zero-order valence-corrected chi connectivity index (χ0v) is 19.2. The number of hydrogen-bond donors (Lipinski definition) is 0. The van der Waals surface area contributed by atoms with Gasteiger partial charge >= 0.3 is 0 Å². The molecule has 0 fully saturated rings. The normalized spacial score (nSPS) is 12.1. The molecule has 0 saturated carbocycles. The van der Waals surface area contributed by atoms with Crippen LogP contribution >= 0.6 is 11.3 Å². The predicted octanol–water partition coefficient (Wildman–Crippen LogP) is 8.29. The van der Waals surface area contributed by atoms with Crippen LogP contribution in [-0.2, 0) is 0 Å². The summed E-state index contributed by atoms with van der Waals surface area (Å²) < 4.78 is 2.97. The third kappa shape index (κ3) is 2.15. The van der Waals surface area contributed by atoms with Crippen LogP contribution < -0.4 is 0 Å². The van der Waals surface area contributed by atoms with Crippen LogP contribution in [0.1, 0.15) is 55.6 Å². The average Bonchev–Trinajstić information content (AvgIpc) is 3.05. The van der Waals surface area contributed by atoms with Crippen LogP contribution in [0.5, 0.6) is 0 Å². The number of fused-ring (bicyclic) bond motifs is 4. The molecule has 0 saturated heterocycles. The van der Waals surface area contributed by atoms with Crippen molar-refractivity contribution in [2.45, 2.75) is 69.2 Å². The smallest absolute Gasteiger partial charge is 0.0393 e. The van der Waals surface area contributed by atoms with Gasteiger partial charge in [0.05, 0.1) is 0 Å². The Morgan fingerprint density at radius 3 is 1.15 bits per heavy atom. The van der Waals surface area contributed by atoms with Gasteiger partial charge in [0.15, 0.2) is 0 Å². The molecule has 4 aromatic rings. The lowest BCUT2D eigenvalue weighted by atomic mass is 9.85. The topological polar surface area (TPSA) is 0 Å². The maximum absolute atomic E-state index is 2.35. The number of rotatable bonds is 0. The molecule has 1 heterocycles. The van der Waals surface area contributed by atoms with Crippen molar-refractivity contribution in [2.24, 2.45) is 0 Å². The molecule has 1 heteroatoms. The monoisotopic (exact) mass is 374 g/mol. The maximum Gasteiger partial charge on any atom is 0.0393 e. The van der Waals surface area contributed by atoms with Crippen molar-refractivity contribution in [1.82, 2.24) is 0 Å². The average molecular weight is 375 g/mol. The fourth-order valence-electron chi connectivity index (χ4n) is 5.08. The number of hydrogen-bond acceptors (Lipinski definition) is 1. The summed E-state index contributed by atoms with van der Waals surface area (Å²) in [5, 5.41) is 5.95. The molecule has 0 nitrogen and oxygen atoms in total.